The molecule has 0 amide bonds. The van der Waals surface area contributed by atoms with E-state index in [1.807, 2.05) is 0 Å². The van der Waals surface area contributed by atoms with Crippen LogP contribution in [-0.2, 0) is 19.9 Å². The van der Waals surface area contributed by atoms with E-state index >= 15 is 0 Å². The molecule has 0 spiro atoms. The van der Waals surface area contributed by atoms with Gasteiger partial charge in [0.05, 0.1) is 32.5 Å². The number of hydrogen-bond donors (Lipinski definition) is 3. The summed E-state index contributed by atoms with van der Waals surface area (Å²) in [4.78, 5) is 0. The van der Waals surface area contributed by atoms with Crippen LogP contribution in [0.4, 0.5) is 0 Å². The Labute approximate surface area is 101 Å². The van der Waals surface area contributed by atoms with E-state index in [0.29, 0.717) is 19.8 Å². The molecule has 0 aromatic heterocycles. The first-order chi connectivity index (χ1) is 7.85. The molecule has 8 heteroatoms. The molecule has 0 fully saturated rings. The Balaban J connectivity index is 0. The zero-order valence-electron chi connectivity index (χ0n) is 9.36. The van der Waals surface area contributed by atoms with Crippen LogP contribution in [0.1, 0.15) is 0 Å². The lowest BCUT2D eigenvalue weighted by molar-refractivity contribution is 0.00227. The largest absolute Gasteiger partial charge is 0.394 e. The van der Waals surface area contributed by atoms with Crippen molar-refractivity contribution in [2.75, 3.05) is 26.4 Å². The van der Waals surface area contributed by atoms with E-state index in [9.17, 15) is 0 Å². The van der Waals surface area contributed by atoms with Gasteiger partial charge in [-0.25, -0.2) is 0 Å². The van der Waals surface area contributed by atoms with Crippen molar-refractivity contribution in [1.82, 2.24) is 0 Å². The van der Waals surface area contributed by atoms with E-state index < -0.39 is 10.4 Å². The Morgan fingerprint density at radius 1 is 1.29 bits per heavy atom. The fraction of sp³-hybridized carbons (Fsp3) is 0.556. The Morgan fingerprint density at radius 2 is 1.82 bits per heavy atom. The minimum atomic E-state index is -4.67. The van der Waals surface area contributed by atoms with Crippen molar-refractivity contribution in [3.05, 3.63) is 25.3 Å². The first-order valence-electron chi connectivity index (χ1n) is 4.58. The van der Waals surface area contributed by atoms with Crippen molar-refractivity contribution in [3.63, 3.8) is 0 Å². The van der Waals surface area contributed by atoms with Crippen molar-refractivity contribution in [2.24, 2.45) is 0 Å². The van der Waals surface area contributed by atoms with Crippen LogP contribution in [-0.4, -0.2) is 55.2 Å². The molecule has 0 aromatic carbocycles. The maximum atomic E-state index is 8.74. The summed E-state index contributed by atoms with van der Waals surface area (Å²) in [5, 5.41) is 8.47. The van der Waals surface area contributed by atoms with Gasteiger partial charge in [0.25, 0.3) is 0 Å². The quantitative estimate of drug-likeness (QED) is 0.325. The smallest absolute Gasteiger partial charge is 0.394 e. The third-order valence-electron chi connectivity index (χ3n) is 1.20. The minimum Gasteiger partial charge on any atom is -0.394 e. The number of hydrogen-bond acceptors (Lipinski definition) is 5. The van der Waals surface area contributed by atoms with Crippen LogP contribution < -0.4 is 0 Å². The first-order valence-corrected chi connectivity index (χ1v) is 5.98. The number of aliphatic hydroxyl groups is 1. The summed E-state index contributed by atoms with van der Waals surface area (Å²) < 4.78 is 41.9. The van der Waals surface area contributed by atoms with Gasteiger partial charge in [0, 0.05) is 0 Å². The van der Waals surface area contributed by atoms with E-state index in [1.165, 1.54) is 0 Å². The van der Waals surface area contributed by atoms with Crippen molar-refractivity contribution in [3.8, 4) is 0 Å². The highest BCUT2D eigenvalue weighted by atomic mass is 32.3. The van der Waals surface area contributed by atoms with Crippen molar-refractivity contribution in [1.29, 1.82) is 0 Å². The Morgan fingerprint density at radius 3 is 2.18 bits per heavy atom. The summed E-state index contributed by atoms with van der Waals surface area (Å²) in [6.45, 7) is 8.39. The van der Waals surface area contributed by atoms with Crippen molar-refractivity contribution < 1.29 is 32.1 Å². The van der Waals surface area contributed by atoms with Gasteiger partial charge >= 0.3 is 10.4 Å². The average Bonchev–Trinajstić information content (AvgIpc) is 2.21. The molecule has 102 valence electrons. The molecule has 1 atom stereocenters. The minimum absolute atomic E-state index is 0.0196. The van der Waals surface area contributed by atoms with Gasteiger partial charge in [-0.1, -0.05) is 12.2 Å². The van der Waals surface area contributed by atoms with Crippen LogP contribution in [0.2, 0.25) is 0 Å². The molecule has 0 aliphatic carbocycles. The SMILES string of the molecule is C=CCOCC(C=C)OCCO.O=S(=O)(O)O. The van der Waals surface area contributed by atoms with Crippen LogP contribution in [0.15, 0.2) is 25.3 Å². The Hall–Kier alpha value is -0.770. The van der Waals surface area contributed by atoms with Crippen LogP contribution in [0.5, 0.6) is 0 Å². The first kappa shape index (κ1) is 18.6. The molecular formula is C9H18O7S. The van der Waals surface area contributed by atoms with Crippen LogP contribution in [0.3, 0.4) is 0 Å². The molecule has 0 rings (SSSR count). The maximum absolute atomic E-state index is 8.74. The lowest BCUT2D eigenvalue weighted by atomic mass is 10.4. The van der Waals surface area contributed by atoms with Crippen LogP contribution >= 0.6 is 0 Å². The summed E-state index contributed by atoms with van der Waals surface area (Å²) in [5.41, 5.74) is 0. The summed E-state index contributed by atoms with van der Waals surface area (Å²) in [6.07, 6.45) is 3.18. The second-order valence-corrected chi connectivity index (χ2v) is 3.54. The highest BCUT2D eigenvalue weighted by Crippen LogP contribution is 1.94. The summed E-state index contributed by atoms with van der Waals surface area (Å²) >= 11 is 0. The maximum Gasteiger partial charge on any atom is 0.394 e. The third kappa shape index (κ3) is 25.5. The zero-order chi connectivity index (χ0) is 13.7. The predicted octanol–water partition coefficient (Wildman–Crippen LogP) is 0.0997. The highest BCUT2D eigenvalue weighted by molar-refractivity contribution is 7.79. The van der Waals surface area contributed by atoms with Gasteiger partial charge in [-0.3, -0.25) is 9.11 Å². The van der Waals surface area contributed by atoms with Gasteiger partial charge in [0.1, 0.15) is 0 Å². The van der Waals surface area contributed by atoms with Crippen molar-refractivity contribution >= 4 is 10.4 Å². The van der Waals surface area contributed by atoms with Gasteiger partial charge < -0.3 is 14.6 Å². The number of aliphatic hydroxyl groups excluding tert-OH is 1. The standard InChI is InChI=1S/C9H16O3.H2O4S/c1-3-6-11-8-9(4-2)12-7-5-10;1-5(2,3)4/h3-4,9-10H,1-2,5-8H2;(H2,1,2,3,4). The molecule has 0 radical (unpaired) electrons. The zero-order valence-corrected chi connectivity index (χ0v) is 10.2. The Bertz CT molecular complexity index is 278. The molecule has 0 saturated carbocycles. The summed E-state index contributed by atoms with van der Waals surface area (Å²) in [5.74, 6) is 0. The van der Waals surface area contributed by atoms with E-state index in [0.717, 1.165) is 0 Å². The molecule has 0 aliphatic heterocycles. The molecule has 0 aliphatic rings. The fourth-order valence-electron chi connectivity index (χ4n) is 0.656. The van der Waals surface area contributed by atoms with Crippen LogP contribution in [0, 0.1) is 0 Å². The molecule has 1 unspecified atom stereocenters. The fourth-order valence-corrected chi connectivity index (χ4v) is 0.656. The molecular weight excluding hydrogens is 252 g/mol. The van der Waals surface area contributed by atoms with Crippen molar-refractivity contribution in [2.45, 2.75) is 6.10 Å². The normalized spacial score (nSPS) is 12.2. The van der Waals surface area contributed by atoms with Gasteiger partial charge in [0.15, 0.2) is 0 Å². The van der Waals surface area contributed by atoms with E-state index in [2.05, 4.69) is 13.2 Å². The molecule has 0 saturated heterocycles. The monoisotopic (exact) mass is 270 g/mol. The second kappa shape index (κ2) is 11.7. The van der Waals surface area contributed by atoms with Crippen LogP contribution in [0.25, 0.3) is 0 Å². The van der Waals surface area contributed by atoms with E-state index in [4.69, 9.17) is 32.1 Å². The lowest BCUT2D eigenvalue weighted by Gasteiger charge is -2.12. The third-order valence-corrected chi connectivity index (χ3v) is 1.20. The van der Waals surface area contributed by atoms with Gasteiger partial charge in [0.2, 0.25) is 0 Å². The average molecular weight is 270 g/mol. The predicted molar refractivity (Wildman–Crippen MR) is 62.2 cm³/mol. The molecule has 7 nitrogen and oxygen atoms in total. The van der Waals surface area contributed by atoms with E-state index in [-0.39, 0.29) is 12.7 Å². The molecule has 3 N–H and O–H groups in total. The van der Waals surface area contributed by atoms with Gasteiger partial charge in [-0.15, -0.1) is 13.2 Å². The molecule has 0 heterocycles. The summed E-state index contributed by atoms with van der Waals surface area (Å²) in [6, 6.07) is 0. The molecule has 0 aromatic rings. The second-order valence-electron chi connectivity index (χ2n) is 2.64. The highest BCUT2D eigenvalue weighted by Gasteiger charge is 2.02. The number of ether oxygens (including phenoxy) is 2. The van der Waals surface area contributed by atoms with Gasteiger partial charge in [-0.05, 0) is 0 Å². The molecule has 17 heavy (non-hydrogen) atoms. The van der Waals surface area contributed by atoms with E-state index in [1.54, 1.807) is 12.2 Å². The topological polar surface area (TPSA) is 113 Å². The Kier molecular flexibility index (Phi) is 12.8. The summed E-state index contributed by atoms with van der Waals surface area (Å²) in [7, 11) is -4.67. The lowest BCUT2D eigenvalue weighted by Crippen LogP contribution is -2.19. The number of rotatable bonds is 8. The van der Waals surface area contributed by atoms with Gasteiger partial charge in [-0.2, -0.15) is 8.42 Å². The molecule has 0 bridgehead atoms.